The lowest BCUT2D eigenvalue weighted by atomic mass is 9.80. The minimum Gasteiger partial charge on any atom is -0.480 e. The van der Waals surface area contributed by atoms with Crippen LogP contribution in [0.5, 0.6) is 5.88 Å². The Kier molecular flexibility index (Phi) is 6.18. The number of aromatic nitrogens is 2. The molecule has 0 unspecified atom stereocenters. The second-order valence-corrected chi connectivity index (χ2v) is 10.2. The second kappa shape index (κ2) is 8.41. The molecule has 1 aromatic carbocycles. The van der Waals surface area contributed by atoms with Gasteiger partial charge in [-0.2, -0.15) is 0 Å². The number of nitrogens with one attached hydrogen (secondary N) is 1. The fraction of sp³-hybridized carbons (Fsp3) is 0.400. The van der Waals surface area contributed by atoms with Crippen LogP contribution in [0.25, 0.3) is 0 Å². The van der Waals surface area contributed by atoms with Gasteiger partial charge in [0, 0.05) is 17.5 Å². The molecule has 2 atom stereocenters. The standard InChI is InChI=1S/C20H23F2N5O4S/c1-19(32(3,29)30)6-7-20(11-21,27-18(19)23)13-8-12(4-5-14(13)22)26-17(28)15-9-25-16(31-2)10-24-15/h4-5,8-10H,6-7,11H2,1-3H3,(H2,23,27)(H,26,28)/t19-,20-/m1/s1. The SMILES string of the molecule is COc1cnc(C(=O)Nc2ccc(F)c([C@]3(CF)CC[C@@](C)(S(C)(=O)=O)C(N)=N3)c2)cn1. The van der Waals surface area contributed by atoms with Crippen molar-refractivity contribution in [2.24, 2.45) is 10.7 Å². The lowest BCUT2D eigenvalue weighted by Gasteiger charge is -2.39. The predicted octanol–water partition coefficient (Wildman–Crippen LogP) is 2.00. The Bertz CT molecular complexity index is 1170. The van der Waals surface area contributed by atoms with Gasteiger partial charge in [-0.3, -0.25) is 9.79 Å². The molecule has 1 aliphatic rings. The minimum atomic E-state index is -3.64. The summed E-state index contributed by atoms with van der Waals surface area (Å²) >= 11 is 0. The summed E-state index contributed by atoms with van der Waals surface area (Å²) in [5, 5.41) is 2.55. The molecule has 2 heterocycles. The van der Waals surface area contributed by atoms with Gasteiger partial charge in [-0.15, -0.1) is 0 Å². The van der Waals surface area contributed by atoms with E-state index in [1.807, 2.05) is 0 Å². The highest BCUT2D eigenvalue weighted by Gasteiger charge is 2.49. The Balaban J connectivity index is 1.96. The molecule has 0 fully saturated rings. The molecule has 1 amide bonds. The topological polar surface area (TPSA) is 137 Å². The summed E-state index contributed by atoms with van der Waals surface area (Å²) in [7, 11) is -2.23. The van der Waals surface area contributed by atoms with Gasteiger partial charge < -0.3 is 15.8 Å². The first-order valence-corrected chi connectivity index (χ1v) is 11.4. The van der Waals surface area contributed by atoms with Crippen molar-refractivity contribution in [3.63, 3.8) is 0 Å². The van der Waals surface area contributed by atoms with Crippen LogP contribution in [0.2, 0.25) is 0 Å². The molecule has 0 spiro atoms. The summed E-state index contributed by atoms with van der Waals surface area (Å²) in [6, 6.07) is 3.62. The largest absolute Gasteiger partial charge is 0.480 e. The molecule has 3 N–H and O–H groups in total. The lowest BCUT2D eigenvalue weighted by Crippen LogP contribution is -2.53. The van der Waals surface area contributed by atoms with Crippen LogP contribution in [-0.4, -0.2) is 54.9 Å². The van der Waals surface area contributed by atoms with Gasteiger partial charge in [-0.1, -0.05) is 0 Å². The number of rotatable bonds is 6. The molecule has 2 aromatic rings. The van der Waals surface area contributed by atoms with Crippen molar-refractivity contribution in [3.05, 3.63) is 47.7 Å². The van der Waals surface area contributed by atoms with Crippen molar-refractivity contribution >= 4 is 27.3 Å². The number of carbonyl (C=O) groups is 1. The van der Waals surface area contributed by atoms with Crippen molar-refractivity contribution in [2.45, 2.75) is 30.1 Å². The maximum Gasteiger partial charge on any atom is 0.275 e. The van der Waals surface area contributed by atoms with Crippen LogP contribution in [0.1, 0.15) is 35.8 Å². The van der Waals surface area contributed by atoms with Gasteiger partial charge >= 0.3 is 0 Å². The first-order chi connectivity index (χ1) is 15.0. The molecule has 9 nitrogen and oxygen atoms in total. The van der Waals surface area contributed by atoms with Gasteiger partial charge in [0.1, 0.15) is 34.3 Å². The van der Waals surface area contributed by atoms with E-state index in [0.29, 0.717) is 0 Å². The van der Waals surface area contributed by atoms with E-state index >= 15 is 0 Å². The predicted molar refractivity (Wildman–Crippen MR) is 115 cm³/mol. The number of ether oxygens (including phenoxy) is 1. The maximum atomic E-state index is 14.7. The zero-order chi connectivity index (χ0) is 23.7. The van der Waals surface area contributed by atoms with Crippen molar-refractivity contribution in [1.82, 2.24) is 9.97 Å². The van der Waals surface area contributed by atoms with E-state index < -0.39 is 38.5 Å². The monoisotopic (exact) mass is 467 g/mol. The fourth-order valence-corrected chi connectivity index (χ4v) is 4.31. The van der Waals surface area contributed by atoms with Crippen LogP contribution in [0.4, 0.5) is 14.5 Å². The number of carbonyl (C=O) groups excluding carboxylic acids is 1. The molecule has 0 bridgehead atoms. The van der Waals surface area contributed by atoms with Crippen LogP contribution in [0.3, 0.4) is 0 Å². The van der Waals surface area contributed by atoms with Crippen LogP contribution >= 0.6 is 0 Å². The van der Waals surface area contributed by atoms with E-state index in [4.69, 9.17) is 10.5 Å². The summed E-state index contributed by atoms with van der Waals surface area (Å²) in [5.74, 6) is -1.44. The highest BCUT2D eigenvalue weighted by atomic mass is 32.2. The Labute approximate surface area is 184 Å². The van der Waals surface area contributed by atoms with Gasteiger partial charge in [-0.25, -0.2) is 27.2 Å². The highest BCUT2D eigenvalue weighted by molar-refractivity contribution is 7.92. The average Bonchev–Trinajstić information content (AvgIpc) is 2.76. The number of sulfone groups is 1. The summed E-state index contributed by atoms with van der Waals surface area (Å²) in [5.41, 5.74) is 4.25. The lowest BCUT2D eigenvalue weighted by molar-refractivity contribution is 0.102. The summed E-state index contributed by atoms with van der Waals surface area (Å²) in [6.45, 7) is 0.304. The number of aliphatic imine (C=N–C) groups is 1. The first kappa shape index (κ1) is 23.5. The van der Waals surface area contributed by atoms with Crippen LogP contribution in [-0.2, 0) is 15.4 Å². The van der Waals surface area contributed by atoms with E-state index in [1.54, 1.807) is 0 Å². The number of anilines is 1. The van der Waals surface area contributed by atoms with E-state index in [1.165, 1.54) is 38.6 Å². The molecule has 0 saturated heterocycles. The molecule has 1 aliphatic heterocycles. The summed E-state index contributed by atoms with van der Waals surface area (Å²) in [6.07, 6.45) is 3.37. The third-order valence-corrected chi connectivity index (χ3v) is 7.78. The number of alkyl halides is 1. The Hall–Kier alpha value is -3.15. The first-order valence-electron chi connectivity index (χ1n) is 9.54. The zero-order valence-electron chi connectivity index (χ0n) is 17.7. The van der Waals surface area contributed by atoms with Gasteiger partial charge in [0.15, 0.2) is 9.84 Å². The number of halogens is 2. The van der Waals surface area contributed by atoms with E-state index in [-0.39, 0.29) is 41.5 Å². The third-order valence-electron chi connectivity index (χ3n) is 5.73. The zero-order valence-corrected chi connectivity index (χ0v) is 18.5. The Morgan fingerprint density at radius 3 is 2.53 bits per heavy atom. The molecule has 12 heteroatoms. The quantitative estimate of drug-likeness (QED) is 0.663. The van der Waals surface area contributed by atoms with Gasteiger partial charge in [0.25, 0.3) is 5.91 Å². The van der Waals surface area contributed by atoms with Crippen LogP contribution in [0.15, 0.2) is 35.6 Å². The van der Waals surface area contributed by atoms with Gasteiger partial charge in [0.2, 0.25) is 5.88 Å². The number of amidine groups is 1. The van der Waals surface area contributed by atoms with Crippen molar-refractivity contribution in [3.8, 4) is 5.88 Å². The minimum absolute atomic E-state index is 0.0132. The molecule has 3 rings (SSSR count). The van der Waals surface area contributed by atoms with Crippen molar-refractivity contribution in [1.29, 1.82) is 0 Å². The number of benzene rings is 1. The normalized spacial score (nSPS) is 23.3. The fourth-order valence-electron chi connectivity index (χ4n) is 3.41. The molecule has 172 valence electrons. The van der Waals surface area contributed by atoms with Crippen LogP contribution < -0.4 is 15.8 Å². The molecular weight excluding hydrogens is 444 g/mol. The summed E-state index contributed by atoms with van der Waals surface area (Å²) < 4.78 is 56.8. The third kappa shape index (κ3) is 4.14. The second-order valence-electron chi connectivity index (χ2n) is 7.76. The smallest absolute Gasteiger partial charge is 0.275 e. The maximum absolute atomic E-state index is 14.7. The average molecular weight is 467 g/mol. The summed E-state index contributed by atoms with van der Waals surface area (Å²) in [4.78, 5) is 24.4. The molecular formula is C20H23F2N5O4S. The number of nitrogens with two attached hydrogens (primary N) is 1. The molecule has 1 aromatic heterocycles. The molecule has 0 radical (unpaired) electrons. The number of amides is 1. The number of nitrogens with zero attached hydrogens (tertiary/aromatic N) is 3. The van der Waals surface area contributed by atoms with E-state index in [0.717, 1.165) is 12.3 Å². The Morgan fingerprint density at radius 2 is 2.00 bits per heavy atom. The molecule has 0 aliphatic carbocycles. The van der Waals surface area contributed by atoms with Gasteiger partial charge in [-0.05, 0) is 38.0 Å². The van der Waals surface area contributed by atoms with Crippen LogP contribution in [0, 0.1) is 5.82 Å². The van der Waals surface area contributed by atoms with Crippen molar-refractivity contribution < 1.29 is 26.7 Å². The number of hydrogen-bond donors (Lipinski definition) is 2. The molecule has 32 heavy (non-hydrogen) atoms. The van der Waals surface area contributed by atoms with Gasteiger partial charge in [0.05, 0.1) is 19.5 Å². The number of hydrogen-bond acceptors (Lipinski definition) is 8. The van der Waals surface area contributed by atoms with E-state index in [2.05, 4.69) is 20.3 Å². The Morgan fingerprint density at radius 1 is 1.28 bits per heavy atom. The number of methoxy groups -OCH3 is 1. The van der Waals surface area contributed by atoms with Crippen molar-refractivity contribution in [2.75, 3.05) is 25.4 Å². The van der Waals surface area contributed by atoms with E-state index in [9.17, 15) is 22.0 Å². The highest BCUT2D eigenvalue weighted by Crippen LogP contribution is 2.42. The molecule has 0 saturated carbocycles.